The fourth-order valence-corrected chi connectivity index (χ4v) is 6.69. The van der Waals surface area contributed by atoms with Crippen molar-refractivity contribution < 1.29 is 23.8 Å². The lowest BCUT2D eigenvalue weighted by molar-refractivity contribution is -0.139. The third-order valence-corrected chi connectivity index (χ3v) is 8.59. The van der Waals surface area contributed by atoms with Crippen LogP contribution in [0.25, 0.3) is 0 Å². The number of carbonyl (C=O) groups is 2. The Morgan fingerprint density at radius 3 is 2.39 bits per heavy atom. The molecule has 2 heterocycles. The van der Waals surface area contributed by atoms with Gasteiger partial charge in [0.15, 0.2) is 0 Å². The molecule has 2 aromatic carbocycles. The summed E-state index contributed by atoms with van der Waals surface area (Å²) in [6.07, 6.45) is 0.0685. The SMILES string of the molecule is COc1cc(OC)c(N2CC(C(=O)Oc3ccc(C4SCCS4)cc3)CC2=O)cc1Cl. The topological polar surface area (TPSA) is 65.1 Å². The van der Waals surface area contributed by atoms with Crippen molar-refractivity contribution in [3.05, 3.63) is 47.0 Å². The van der Waals surface area contributed by atoms with Crippen LogP contribution in [0.3, 0.4) is 0 Å². The number of hydrogen-bond donors (Lipinski definition) is 0. The fraction of sp³-hybridized carbons (Fsp3) is 0.364. The van der Waals surface area contributed by atoms with Crippen molar-refractivity contribution in [3.63, 3.8) is 0 Å². The van der Waals surface area contributed by atoms with E-state index in [0.29, 0.717) is 32.5 Å². The number of benzene rings is 2. The average molecular weight is 480 g/mol. The van der Waals surface area contributed by atoms with Gasteiger partial charge in [0, 0.05) is 30.5 Å². The molecule has 2 aliphatic heterocycles. The maximum atomic E-state index is 12.7. The summed E-state index contributed by atoms with van der Waals surface area (Å²) < 4.78 is 16.6. The minimum absolute atomic E-state index is 0.0685. The Morgan fingerprint density at radius 2 is 1.74 bits per heavy atom. The molecular weight excluding hydrogens is 458 g/mol. The van der Waals surface area contributed by atoms with E-state index < -0.39 is 11.9 Å². The predicted octanol–water partition coefficient (Wildman–Crippen LogP) is 4.79. The minimum atomic E-state index is -0.571. The Kier molecular flexibility index (Phi) is 6.89. The van der Waals surface area contributed by atoms with Crippen LogP contribution < -0.4 is 19.1 Å². The molecule has 4 rings (SSSR count). The summed E-state index contributed by atoms with van der Waals surface area (Å²) >= 11 is 10.1. The van der Waals surface area contributed by atoms with Gasteiger partial charge in [-0.1, -0.05) is 23.7 Å². The second kappa shape index (κ2) is 9.63. The number of amides is 1. The van der Waals surface area contributed by atoms with Crippen LogP contribution in [-0.2, 0) is 9.59 Å². The third-order valence-electron chi connectivity index (χ3n) is 5.19. The van der Waals surface area contributed by atoms with E-state index in [4.69, 9.17) is 25.8 Å². The normalized spacial score (nSPS) is 19.0. The molecule has 1 atom stereocenters. The van der Waals surface area contributed by atoms with E-state index in [1.807, 2.05) is 47.8 Å². The van der Waals surface area contributed by atoms with Crippen molar-refractivity contribution in [2.45, 2.75) is 11.0 Å². The first-order valence-corrected chi connectivity index (χ1v) is 12.2. The molecule has 2 saturated heterocycles. The molecule has 0 aromatic heterocycles. The standard InChI is InChI=1S/C22H22ClNO5S2/c1-27-18-11-19(28-2)17(10-16(18)23)24-12-14(9-20(24)25)21(26)29-15-5-3-13(4-6-15)22-30-7-8-31-22/h3-6,10-11,14,22H,7-9,12H2,1-2H3. The highest BCUT2D eigenvalue weighted by Gasteiger charge is 2.38. The fourth-order valence-electron chi connectivity index (χ4n) is 3.60. The second-order valence-electron chi connectivity index (χ2n) is 7.13. The number of rotatable bonds is 6. The van der Waals surface area contributed by atoms with Crippen LogP contribution in [0.1, 0.15) is 16.6 Å². The molecule has 9 heteroatoms. The molecule has 2 fully saturated rings. The third kappa shape index (κ3) is 4.76. The molecular formula is C22H22ClNO5S2. The first-order valence-electron chi connectivity index (χ1n) is 9.77. The lowest BCUT2D eigenvalue weighted by atomic mass is 10.1. The van der Waals surface area contributed by atoms with Crippen LogP contribution in [0.15, 0.2) is 36.4 Å². The van der Waals surface area contributed by atoms with Gasteiger partial charge in [0.25, 0.3) is 0 Å². The predicted molar refractivity (Wildman–Crippen MR) is 125 cm³/mol. The largest absolute Gasteiger partial charge is 0.495 e. The van der Waals surface area contributed by atoms with E-state index >= 15 is 0 Å². The lowest BCUT2D eigenvalue weighted by Crippen LogP contribution is -2.27. The van der Waals surface area contributed by atoms with Crippen LogP contribution in [0.5, 0.6) is 17.2 Å². The number of esters is 1. The van der Waals surface area contributed by atoms with Crippen molar-refractivity contribution in [1.82, 2.24) is 0 Å². The van der Waals surface area contributed by atoms with Gasteiger partial charge >= 0.3 is 5.97 Å². The first kappa shape index (κ1) is 22.2. The molecule has 0 aliphatic carbocycles. The van der Waals surface area contributed by atoms with Gasteiger partial charge in [-0.3, -0.25) is 9.59 Å². The number of halogens is 1. The van der Waals surface area contributed by atoms with Crippen molar-refractivity contribution >= 4 is 52.7 Å². The molecule has 0 radical (unpaired) electrons. The van der Waals surface area contributed by atoms with Gasteiger partial charge in [0.05, 0.1) is 35.4 Å². The smallest absolute Gasteiger partial charge is 0.316 e. The molecule has 0 spiro atoms. The Hall–Kier alpha value is -2.03. The Bertz CT molecular complexity index is 979. The van der Waals surface area contributed by atoms with Gasteiger partial charge in [0.2, 0.25) is 5.91 Å². The molecule has 1 amide bonds. The highest BCUT2D eigenvalue weighted by Crippen LogP contribution is 2.45. The van der Waals surface area contributed by atoms with Gasteiger partial charge in [-0.2, -0.15) is 0 Å². The summed E-state index contributed by atoms with van der Waals surface area (Å²) in [5.41, 5.74) is 1.72. The van der Waals surface area contributed by atoms with E-state index in [-0.39, 0.29) is 18.9 Å². The molecule has 2 aromatic rings. The Balaban J connectivity index is 1.44. The zero-order valence-corrected chi connectivity index (χ0v) is 19.5. The number of hydrogen-bond acceptors (Lipinski definition) is 7. The lowest BCUT2D eigenvalue weighted by Gasteiger charge is -2.20. The van der Waals surface area contributed by atoms with Crippen molar-refractivity contribution in [1.29, 1.82) is 0 Å². The van der Waals surface area contributed by atoms with Gasteiger partial charge in [-0.15, -0.1) is 23.5 Å². The molecule has 0 N–H and O–H groups in total. The number of carbonyl (C=O) groups excluding carboxylic acids is 2. The quantitative estimate of drug-likeness (QED) is 0.435. The van der Waals surface area contributed by atoms with Crippen LogP contribution in [0.2, 0.25) is 5.02 Å². The number of thioether (sulfide) groups is 2. The van der Waals surface area contributed by atoms with Gasteiger partial charge in [-0.05, 0) is 23.8 Å². The molecule has 6 nitrogen and oxygen atoms in total. The summed E-state index contributed by atoms with van der Waals surface area (Å²) in [5.74, 6) is 2.50. The van der Waals surface area contributed by atoms with Crippen LogP contribution in [0, 0.1) is 5.92 Å². The van der Waals surface area contributed by atoms with E-state index in [0.717, 1.165) is 11.5 Å². The maximum absolute atomic E-state index is 12.7. The highest BCUT2D eigenvalue weighted by molar-refractivity contribution is 8.19. The summed E-state index contributed by atoms with van der Waals surface area (Å²) in [6.45, 7) is 0.199. The number of anilines is 1. The van der Waals surface area contributed by atoms with Crippen LogP contribution in [0.4, 0.5) is 5.69 Å². The van der Waals surface area contributed by atoms with E-state index in [1.54, 1.807) is 12.1 Å². The summed E-state index contributed by atoms with van der Waals surface area (Å²) in [7, 11) is 3.01. The Morgan fingerprint density at radius 1 is 1.06 bits per heavy atom. The van der Waals surface area contributed by atoms with Crippen molar-refractivity contribution in [3.8, 4) is 17.2 Å². The minimum Gasteiger partial charge on any atom is -0.495 e. The number of ether oxygens (including phenoxy) is 3. The summed E-state index contributed by atoms with van der Waals surface area (Å²) in [4.78, 5) is 26.9. The zero-order valence-electron chi connectivity index (χ0n) is 17.1. The molecule has 0 saturated carbocycles. The van der Waals surface area contributed by atoms with Gasteiger partial charge < -0.3 is 19.1 Å². The molecule has 1 unspecified atom stereocenters. The van der Waals surface area contributed by atoms with E-state index in [1.165, 1.54) is 24.7 Å². The van der Waals surface area contributed by atoms with Gasteiger partial charge in [0.1, 0.15) is 17.2 Å². The molecule has 0 bridgehead atoms. The zero-order chi connectivity index (χ0) is 22.0. The molecule has 2 aliphatic rings. The van der Waals surface area contributed by atoms with Gasteiger partial charge in [-0.25, -0.2) is 0 Å². The maximum Gasteiger partial charge on any atom is 0.316 e. The van der Waals surface area contributed by atoms with E-state index in [2.05, 4.69) is 0 Å². The van der Waals surface area contributed by atoms with Crippen LogP contribution in [-0.4, -0.2) is 44.1 Å². The van der Waals surface area contributed by atoms with Crippen LogP contribution >= 0.6 is 35.1 Å². The second-order valence-corrected chi connectivity index (χ2v) is 10.3. The average Bonchev–Trinajstić information content (AvgIpc) is 3.44. The summed E-state index contributed by atoms with van der Waals surface area (Å²) in [6, 6.07) is 10.9. The Labute approximate surface area is 194 Å². The van der Waals surface area contributed by atoms with Crippen molar-refractivity contribution in [2.75, 3.05) is 37.2 Å². The summed E-state index contributed by atoms with van der Waals surface area (Å²) in [5, 5.41) is 0.357. The number of nitrogens with zero attached hydrogens (tertiary/aromatic N) is 1. The molecule has 31 heavy (non-hydrogen) atoms. The monoisotopic (exact) mass is 479 g/mol. The molecule has 164 valence electrons. The number of methoxy groups -OCH3 is 2. The first-order chi connectivity index (χ1) is 15.0. The van der Waals surface area contributed by atoms with E-state index in [9.17, 15) is 9.59 Å². The van der Waals surface area contributed by atoms with Crippen molar-refractivity contribution in [2.24, 2.45) is 5.92 Å². The highest BCUT2D eigenvalue weighted by atomic mass is 35.5.